The van der Waals surface area contributed by atoms with Crippen LogP contribution in [0.3, 0.4) is 0 Å². The molecule has 2 bridgehead atoms. The van der Waals surface area contributed by atoms with Crippen LogP contribution in [0.1, 0.15) is 49.5 Å². The number of aromatic nitrogens is 4. The van der Waals surface area contributed by atoms with Crippen molar-refractivity contribution in [2.75, 3.05) is 7.11 Å². The lowest BCUT2D eigenvalue weighted by molar-refractivity contribution is -0.203. The maximum absolute atomic E-state index is 12.7. The number of rotatable bonds is 5. The van der Waals surface area contributed by atoms with Gasteiger partial charge in [0.25, 0.3) is 5.56 Å². The van der Waals surface area contributed by atoms with Gasteiger partial charge in [-0.15, -0.1) is 0 Å². The summed E-state index contributed by atoms with van der Waals surface area (Å²) in [4.78, 5) is 36.9. The van der Waals surface area contributed by atoms with Gasteiger partial charge in [-0.1, -0.05) is 0 Å². The molecule has 1 N–H and O–H groups in total. The smallest absolute Gasteiger partial charge is 0.312 e. The van der Waals surface area contributed by atoms with Crippen LogP contribution in [0.5, 0.6) is 0 Å². The van der Waals surface area contributed by atoms with Gasteiger partial charge in [-0.05, 0) is 45.1 Å². The number of hydrogen-bond acceptors (Lipinski definition) is 6. The zero-order valence-corrected chi connectivity index (χ0v) is 15.3. The highest BCUT2D eigenvalue weighted by Gasteiger charge is 2.73. The number of nitrogens with zero attached hydrogens (tertiary/aromatic N) is 4. The highest BCUT2D eigenvalue weighted by atomic mass is 16.5. The van der Waals surface area contributed by atoms with Gasteiger partial charge >= 0.3 is 5.97 Å². The number of aryl methyl sites for hydroxylation is 1. The van der Waals surface area contributed by atoms with Gasteiger partial charge in [0.05, 0.1) is 18.2 Å². The average molecular weight is 371 g/mol. The first kappa shape index (κ1) is 16.5. The number of methoxy groups -OCH3 is 1. The molecule has 0 saturated heterocycles. The van der Waals surface area contributed by atoms with Crippen molar-refractivity contribution in [1.29, 1.82) is 0 Å². The van der Waals surface area contributed by atoms with Crippen LogP contribution in [-0.2, 0) is 20.9 Å². The van der Waals surface area contributed by atoms with E-state index in [2.05, 4.69) is 15.5 Å². The normalized spacial score (nSPS) is 28.4. The summed E-state index contributed by atoms with van der Waals surface area (Å²) >= 11 is 0. The second-order valence-corrected chi connectivity index (χ2v) is 8.28. The quantitative estimate of drug-likeness (QED) is 0.757. The largest absolute Gasteiger partial charge is 0.469 e. The standard InChI is InChI=1S/C18H21N5O4/c1-10-20-22(15(25)13-5-12(11-3-4-11)21-23(10)13)6-14(24)19-18-7-17(8-18,9-18)16(26)27-2/h5,11H,3-4,6-9H2,1-2H3,(H,19,24). The molecule has 2 heterocycles. The van der Waals surface area contributed by atoms with Gasteiger partial charge < -0.3 is 10.1 Å². The molecule has 0 unspecified atom stereocenters. The second-order valence-electron chi connectivity index (χ2n) is 8.28. The minimum absolute atomic E-state index is 0.146. The molecule has 27 heavy (non-hydrogen) atoms. The van der Waals surface area contributed by atoms with E-state index in [9.17, 15) is 14.4 Å². The van der Waals surface area contributed by atoms with Crippen LogP contribution in [0.25, 0.3) is 5.52 Å². The van der Waals surface area contributed by atoms with Crippen LogP contribution in [0, 0.1) is 12.3 Å². The van der Waals surface area contributed by atoms with Gasteiger partial charge in [-0.2, -0.15) is 10.2 Å². The number of amides is 1. The Morgan fingerprint density at radius 2 is 2.00 bits per heavy atom. The minimum Gasteiger partial charge on any atom is -0.469 e. The fourth-order valence-corrected chi connectivity index (χ4v) is 4.70. The Morgan fingerprint density at radius 3 is 2.63 bits per heavy atom. The van der Waals surface area contributed by atoms with Crippen molar-refractivity contribution >= 4 is 17.4 Å². The maximum Gasteiger partial charge on any atom is 0.312 e. The molecule has 2 aromatic rings. The van der Waals surface area contributed by atoms with E-state index in [1.807, 2.05) is 6.07 Å². The highest BCUT2D eigenvalue weighted by Crippen LogP contribution is 2.67. The van der Waals surface area contributed by atoms with E-state index in [4.69, 9.17) is 4.74 Å². The number of fused-ring (bicyclic) bond motifs is 1. The Kier molecular flexibility index (Phi) is 3.15. The van der Waals surface area contributed by atoms with Crippen molar-refractivity contribution in [2.45, 2.75) is 57.0 Å². The number of ether oxygens (including phenoxy) is 1. The summed E-state index contributed by atoms with van der Waals surface area (Å²) in [6, 6.07) is 1.81. The third kappa shape index (κ3) is 2.33. The Labute approximate surface area is 154 Å². The van der Waals surface area contributed by atoms with Crippen LogP contribution in [0.4, 0.5) is 0 Å². The molecule has 142 valence electrons. The van der Waals surface area contributed by atoms with Crippen molar-refractivity contribution in [3.63, 3.8) is 0 Å². The van der Waals surface area contributed by atoms with E-state index < -0.39 is 5.41 Å². The van der Waals surface area contributed by atoms with Crippen LogP contribution >= 0.6 is 0 Å². The topological polar surface area (TPSA) is 108 Å². The lowest BCUT2D eigenvalue weighted by Gasteiger charge is -2.68. The molecule has 9 nitrogen and oxygen atoms in total. The fraction of sp³-hybridized carbons (Fsp3) is 0.611. The lowest BCUT2D eigenvalue weighted by atomic mass is 9.39. The molecular weight excluding hydrogens is 350 g/mol. The van der Waals surface area contributed by atoms with Crippen molar-refractivity contribution in [3.05, 3.63) is 27.9 Å². The summed E-state index contributed by atoms with van der Waals surface area (Å²) in [6.45, 7) is 1.62. The summed E-state index contributed by atoms with van der Waals surface area (Å²) in [5, 5.41) is 11.7. The van der Waals surface area contributed by atoms with E-state index in [1.54, 1.807) is 11.4 Å². The summed E-state index contributed by atoms with van der Waals surface area (Å²) in [6.07, 6.45) is 4.01. The van der Waals surface area contributed by atoms with Gasteiger partial charge in [0.2, 0.25) is 5.91 Å². The molecule has 2 aromatic heterocycles. The number of hydrogen-bond donors (Lipinski definition) is 1. The summed E-state index contributed by atoms with van der Waals surface area (Å²) in [5.41, 5.74) is 0.306. The molecule has 1 amide bonds. The van der Waals surface area contributed by atoms with Crippen molar-refractivity contribution in [2.24, 2.45) is 5.41 Å². The third-order valence-electron chi connectivity index (χ3n) is 6.10. The Hall–Kier alpha value is -2.71. The summed E-state index contributed by atoms with van der Waals surface area (Å²) < 4.78 is 7.57. The van der Waals surface area contributed by atoms with Crippen LogP contribution in [0.2, 0.25) is 0 Å². The first-order valence-electron chi connectivity index (χ1n) is 9.22. The molecule has 0 aromatic carbocycles. The zero-order chi connectivity index (χ0) is 19.0. The van der Waals surface area contributed by atoms with Gasteiger partial charge in [-0.3, -0.25) is 14.4 Å². The van der Waals surface area contributed by atoms with E-state index in [1.165, 1.54) is 11.8 Å². The fourth-order valence-electron chi connectivity index (χ4n) is 4.70. The first-order valence-corrected chi connectivity index (χ1v) is 9.22. The summed E-state index contributed by atoms with van der Waals surface area (Å²) in [7, 11) is 1.38. The number of carbonyl (C=O) groups is 2. The zero-order valence-electron chi connectivity index (χ0n) is 15.3. The van der Waals surface area contributed by atoms with E-state index in [0.717, 1.165) is 18.5 Å². The minimum atomic E-state index is -0.413. The maximum atomic E-state index is 12.7. The molecule has 6 rings (SSSR count). The Bertz CT molecular complexity index is 1030. The van der Waals surface area contributed by atoms with E-state index in [-0.39, 0.29) is 29.5 Å². The van der Waals surface area contributed by atoms with Gasteiger partial charge in [0, 0.05) is 11.5 Å². The lowest BCUT2D eigenvalue weighted by Crippen LogP contribution is -2.77. The van der Waals surface area contributed by atoms with Crippen molar-refractivity contribution in [3.8, 4) is 0 Å². The van der Waals surface area contributed by atoms with Crippen molar-refractivity contribution < 1.29 is 14.3 Å². The number of nitrogens with one attached hydrogen (secondary N) is 1. The molecule has 9 heteroatoms. The SMILES string of the molecule is COC(=O)C12CC(NC(=O)Cn3nc(C)n4nc(C5CC5)cc4c3=O)(C1)C2. The molecule has 4 aliphatic carbocycles. The predicted octanol–water partition coefficient (Wildman–Crippen LogP) is 0.289. The molecule has 4 fully saturated rings. The Morgan fingerprint density at radius 1 is 1.30 bits per heavy atom. The van der Waals surface area contributed by atoms with Crippen LogP contribution in [-0.4, -0.2) is 43.9 Å². The summed E-state index contributed by atoms with van der Waals surface area (Å²) in [5.74, 6) is 0.532. The van der Waals surface area contributed by atoms with Gasteiger partial charge in [0.15, 0.2) is 0 Å². The molecule has 0 aliphatic heterocycles. The monoisotopic (exact) mass is 371 g/mol. The third-order valence-corrected chi connectivity index (χ3v) is 6.10. The number of esters is 1. The van der Waals surface area contributed by atoms with E-state index >= 15 is 0 Å². The molecule has 0 atom stereocenters. The average Bonchev–Trinajstić information content (AvgIpc) is 3.32. The van der Waals surface area contributed by atoms with Crippen LogP contribution < -0.4 is 10.9 Å². The molecule has 0 spiro atoms. The molecule has 4 aliphatic rings. The Balaban J connectivity index is 1.32. The highest BCUT2D eigenvalue weighted by molar-refractivity contribution is 5.84. The molecule has 4 saturated carbocycles. The first-order chi connectivity index (χ1) is 12.8. The van der Waals surface area contributed by atoms with Gasteiger partial charge in [0.1, 0.15) is 17.9 Å². The molecule has 0 radical (unpaired) electrons. The second kappa shape index (κ2) is 5.17. The van der Waals surface area contributed by atoms with Gasteiger partial charge in [-0.25, -0.2) is 9.20 Å². The predicted molar refractivity (Wildman–Crippen MR) is 93.1 cm³/mol. The van der Waals surface area contributed by atoms with Crippen molar-refractivity contribution in [1.82, 2.24) is 24.7 Å². The van der Waals surface area contributed by atoms with Crippen LogP contribution in [0.15, 0.2) is 10.9 Å². The van der Waals surface area contributed by atoms with E-state index in [0.29, 0.717) is 36.5 Å². The number of carbonyl (C=O) groups excluding carboxylic acids is 2. The molecular formula is C18H21N5O4.